The third-order valence-electron chi connectivity index (χ3n) is 4.53. The highest BCUT2D eigenvalue weighted by molar-refractivity contribution is 6.32. The minimum absolute atomic E-state index is 0.267. The van der Waals surface area contributed by atoms with Gasteiger partial charge in [0, 0.05) is 6.42 Å². The van der Waals surface area contributed by atoms with Crippen molar-refractivity contribution in [1.29, 1.82) is 0 Å². The highest BCUT2D eigenvalue weighted by atomic mass is 35.5. The van der Waals surface area contributed by atoms with Crippen LogP contribution < -0.4 is 4.74 Å². The molecule has 1 N–H and O–H groups in total. The molecule has 0 atom stereocenters. The lowest BCUT2D eigenvalue weighted by Gasteiger charge is -2.25. The maximum absolute atomic E-state index is 11.8. The first-order chi connectivity index (χ1) is 9.34. The van der Waals surface area contributed by atoms with Crippen LogP contribution in [0.4, 0.5) is 0 Å². The summed E-state index contributed by atoms with van der Waals surface area (Å²) < 4.78 is 5.86. The Morgan fingerprint density at radius 1 is 1.30 bits per heavy atom. The zero-order chi connectivity index (χ0) is 14.5. The fourth-order valence-electron chi connectivity index (χ4n) is 3.55. The first kappa shape index (κ1) is 13.7. The number of benzene rings is 1. The largest absolute Gasteiger partial charge is 0.486 e. The van der Waals surface area contributed by atoms with Crippen molar-refractivity contribution in [1.82, 2.24) is 0 Å². The molecule has 0 aromatic heterocycles. The number of hydrogen-bond donors (Lipinski definition) is 1. The molecule has 0 amide bonds. The Kier molecular flexibility index (Phi) is 3.02. The van der Waals surface area contributed by atoms with E-state index in [9.17, 15) is 9.90 Å². The van der Waals surface area contributed by atoms with Crippen molar-refractivity contribution in [2.24, 2.45) is 0 Å². The average Bonchev–Trinajstić information content (AvgIpc) is 2.92. The monoisotopic (exact) mass is 294 g/mol. The Labute approximate surface area is 123 Å². The van der Waals surface area contributed by atoms with Crippen molar-refractivity contribution < 1.29 is 14.6 Å². The number of hydrogen-bond acceptors (Lipinski definition) is 2. The highest BCUT2D eigenvalue weighted by Crippen LogP contribution is 2.47. The molecule has 108 valence electrons. The average molecular weight is 295 g/mol. The molecule has 1 aliphatic carbocycles. The van der Waals surface area contributed by atoms with Crippen LogP contribution in [0.5, 0.6) is 5.75 Å². The predicted octanol–water partition coefficient (Wildman–Crippen LogP) is 3.95. The number of carbonyl (C=O) groups is 1. The summed E-state index contributed by atoms with van der Waals surface area (Å²) >= 11 is 6.33. The predicted molar refractivity (Wildman–Crippen MR) is 77.6 cm³/mol. The van der Waals surface area contributed by atoms with E-state index >= 15 is 0 Å². The van der Waals surface area contributed by atoms with Crippen molar-refractivity contribution >= 4 is 17.6 Å². The number of carboxylic acid groups (broad SMARTS) is 1. The maximum Gasteiger partial charge on any atom is 0.314 e. The van der Waals surface area contributed by atoms with Crippen LogP contribution >= 0.6 is 11.6 Å². The molecule has 4 heteroatoms. The number of aliphatic carboxylic acids is 1. The molecule has 3 rings (SSSR count). The van der Waals surface area contributed by atoms with Crippen LogP contribution in [0.1, 0.15) is 50.7 Å². The van der Waals surface area contributed by atoms with Crippen molar-refractivity contribution in [3.8, 4) is 5.75 Å². The molecule has 1 aromatic rings. The highest BCUT2D eigenvalue weighted by Gasteiger charge is 2.44. The van der Waals surface area contributed by atoms with Gasteiger partial charge in [-0.2, -0.15) is 0 Å². The summed E-state index contributed by atoms with van der Waals surface area (Å²) in [4.78, 5) is 11.8. The molecular formula is C16H19ClO3. The molecule has 0 spiro atoms. The van der Waals surface area contributed by atoms with Crippen LogP contribution in [0, 0.1) is 0 Å². The van der Waals surface area contributed by atoms with Gasteiger partial charge in [0.15, 0.2) is 0 Å². The third-order valence-corrected chi connectivity index (χ3v) is 4.81. The van der Waals surface area contributed by atoms with Gasteiger partial charge in [0.1, 0.15) is 11.4 Å². The van der Waals surface area contributed by atoms with E-state index in [1.165, 1.54) is 0 Å². The van der Waals surface area contributed by atoms with Crippen LogP contribution in [0.25, 0.3) is 0 Å². The van der Waals surface area contributed by atoms with Gasteiger partial charge in [-0.1, -0.05) is 30.5 Å². The second kappa shape index (κ2) is 4.39. The Hall–Kier alpha value is -1.22. The first-order valence-corrected chi connectivity index (χ1v) is 7.47. The van der Waals surface area contributed by atoms with Gasteiger partial charge in [0.05, 0.1) is 10.4 Å². The number of fused-ring (bicyclic) bond motifs is 1. The van der Waals surface area contributed by atoms with Crippen molar-refractivity contribution in [3.63, 3.8) is 0 Å². The van der Waals surface area contributed by atoms with Crippen LogP contribution in [-0.2, 0) is 16.6 Å². The minimum atomic E-state index is -0.759. The van der Waals surface area contributed by atoms with E-state index in [0.717, 1.165) is 36.1 Å². The molecule has 1 aliphatic heterocycles. The Balaban J connectivity index is 2.09. The molecule has 0 radical (unpaired) electrons. The summed E-state index contributed by atoms with van der Waals surface area (Å²) in [7, 11) is 0. The fourth-order valence-corrected chi connectivity index (χ4v) is 3.83. The SMILES string of the molecule is CC1(C)Cc2cc(C3(C(=O)O)CCCC3)cc(Cl)c2O1. The van der Waals surface area contributed by atoms with Crippen molar-refractivity contribution in [2.75, 3.05) is 0 Å². The Bertz CT molecular complexity index is 571. The van der Waals surface area contributed by atoms with Gasteiger partial charge in [-0.15, -0.1) is 0 Å². The van der Waals surface area contributed by atoms with Gasteiger partial charge in [0.25, 0.3) is 0 Å². The molecule has 0 unspecified atom stereocenters. The van der Waals surface area contributed by atoms with E-state index in [2.05, 4.69) is 0 Å². The lowest BCUT2D eigenvalue weighted by molar-refractivity contribution is -0.143. The summed E-state index contributed by atoms with van der Waals surface area (Å²) in [5.41, 5.74) is 0.847. The summed E-state index contributed by atoms with van der Waals surface area (Å²) in [6.45, 7) is 4.04. The normalized spacial score (nSPS) is 22.4. The van der Waals surface area contributed by atoms with E-state index in [1.807, 2.05) is 19.9 Å². The van der Waals surface area contributed by atoms with E-state index < -0.39 is 11.4 Å². The lowest BCUT2D eigenvalue weighted by atomic mass is 9.78. The Morgan fingerprint density at radius 2 is 1.95 bits per heavy atom. The smallest absolute Gasteiger partial charge is 0.314 e. The quantitative estimate of drug-likeness (QED) is 0.898. The minimum Gasteiger partial charge on any atom is -0.486 e. The van der Waals surface area contributed by atoms with E-state index in [-0.39, 0.29) is 5.60 Å². The molecule has 1 fully saturated rings. The van der Waals surface area contributed by atoms with Crippen molar-refractivity contribution in [2.45, 2.75) is 57.0 Å². The van der Waals surface area contributed by atoms with Gasteiger partial charge in [0.2, 0.25) is 0 Å². The molecule has 20 heavy (non-hydrogen) atoms. The Morgan fingerprint density at radius 3 is 2.55 bits per heavy atom. The van der Waals surface area contributed by atoms with E-state index in [1.54, 1.807) is 6.07 Å². The molecule has 1 heterocycles. The summed E-state index contributed by atoms with van der Waals surface area (Å²) in [5, 5.41) is 10.2. The van der Waals surface area contributed by atoms with E-state index in [4.69, 9.17) is 16.3 Å². The first-order valence-electron chi connectivity index (χ1n) is 7.09. The second-order valence-corrected chi connectivity index (χ2v) is 6.99. The number of ether oxygens (including phenoxy) is 1. The third kappa shape index (κ3) is 1.99. The molecule has 0 bridgehead atoms. The molecule has 2 aliphatic rings. The molecule has 0 saturated heterocycles. The summed E-state index contributed by atoms with van der Waals surface area (Å²) in [6.07, 6.45) is 4.08. The fraction of sp³-hybridized carbons (Fsp3) is 0.562. The number of halogens is 1. The van der Waals surface area contributed by atoms with Crippen LogP contribution in [-0.4, -0.2) is 16.7 Å². The maximum atomic E-state index is 11.8. The molecule has 1 aromatic carbocycles. The topological polar surface area (TPSA) is 46.5 Å². The van der Waals surface area contributed by atoms with Gasteiger partial charge in [-0.25, -0.2) is 0 Å². The number of rotatable bonds is 2. The number of carboxylic acids is 1. The summed E-state index contributed by atoms with van der Waals surface area (Å²) in [5.74, 6) is -0.0110. The standard InChI is InChI=1S/C16H19ClO3/c1-15(2)9-10-7-11(8-12(17)13(10)20-15)16(14(18)19)5-3-4-6-16/h7-8H,3-6,9H2,1-2H3,(H,18,19). The zero-order valence-electron chi connectivity index (χ0n) is 11.8. The second-order valence-electron chi connectivity index (χ2n) is 6.58. The van der Waals surface area contributed by atoms with Gasteiger partial charge >= 0.3 is 5.97 Å². The van der Waals surface area contributed by atoms with Crippen LogP contribution in [0.3, 0.4) is 0 Å². The van der Waals surface area contributed by atoms with Gasteiger partial charge < -0.3 is 9.84 Å². The van der Waals surface area contributed by atoms with Gasteiger partial charge in [-0.3, -0.25) is 4.79 Å². The molecular weight excluding hydrogens is 276 g/mol. The molecule has 3 nitrogen and oxygen atoms in total. The zero-order valence-corrected chi connectivity index (χ0v) is 12.6. The lowest BCUT2D eigenvalue weighted by Crippen LogP contribution is -2.32. The van der Waals surface area contributed by atoms with Crippen LogP contribution in [0.2, 0.25) is 5.02 Å². The molecule has 1 saturated carbocycles. The van der Waals surface area contributed by atoms with E-state index in [0.29, 0.717) is 17.9 Å². The van der Waals surface area contributed by atoms with Crippen molar-refractivity contribution in [3.05, 3.63) is 28.3 Å². The van der Waals surface area contributed by atoms with Crippen LogP contribution in [0.15, 0.2) is 12.1 Å². The summed E-state index contributed by atoms with van der Waals surface area (Å²) in [6, 6.07) is 3.79. The van der Waals surface area contributed by atoms with Gasteiger partial charge in [-0.05, 0) is 43.9 Å².